The van der Waals surface area contributed by atoms with Crippen LogP contribution >= 0.6 is 15.9 Å². The molecular weight excluding hydrogens is 308 g/mol. The Bertz CT molecular complexity index is 459. The quantitative estimate of drug-likeness (QED) is 0.656. The minimum Gasteiger partial charge on any atom is -0.310 e. The van der Waals surface area contributed by atoms with Crippen molar-refractivity contribution in [1.29, 1.82) is 0 Å². The zero-order valence-electron chi connectivity index (χ0n) is 11.1. The van der Waals surface area contributed by atoms with Crippen LogP contribution in [0.5, 0.6) is 0 Å². The van der Waals surface area contributed by atoms with Crippen LogP contribution in [-0.2, 0) is 6.54 Å². The fraction of sp³-hybridized carbons (Fsp3) is 0.571. The Morgan fingerprint density at radius 2 is 2.16 bits per heavy atom. The molecule has 0 aliphatic heterocycles. The molecule has 0 heterocycles. The van der Waals surface area contributed by atoms with Gasteiger partial charge in [-0.05, 0) is 37.8 Å². The molecule has 1 saturated carbocycles. The lowest BCUT2D eigenvalue weighted by molar-refractivity contribution is -0.385. The summed E-state index contributed by atoms with van der Waals surface area (Å²) in [5.41, 5.74) is 0.929. The molecule has 0 spiro atoms. The lowest BCUT2D eigenvalue weighted by Crippen LogP contribution is -2.31. The summed E-state index contributed by atoms with van der Waals surface area (Å²) in [5, 5.41) is 14.4. The van der Waals surface area contributed by atoms with Gasteiger partial charge in [0.1, 0.15) is 0 Å². The smallest absolute Gasteiger partial charge is 0.273 e. The highest BCUT2D eigenvalue weighted by atomic mass is 79.9. The van der Waals surface area contributed by atoms with Crippen molar-refractivity contribution in [1.82, 2.24) is 5.32 Å². The molecule has 1 aliphatic carbocycles. The molecule has 104 valence electrons. The molecule has 1 N–H and O–H groups in total. The second-order valence-corrected chi connectivity index (χ2v) is 6.16. The first-order valence-electron chi connectivity index (χ1n) is 6.74. The molecule has 2 rings (SSSR count). The van der Waals surface area contributed by atoms with E-state index in [0.717, 1.165) is 10.0 Å². The zero-order chi connectivity index (χ0) is 13.8. The molecular formula is C14H19BrN2O2. The summed E-state index contributed by atoms with van der Waals surface area (Å²) in [6, 6.07) is 5.51. The number of nitro groups is 1. The van der Waals surface area contributed by atoms with Crippen molar-refractivity contribution >= 4 is 21.6 Å². The van der Waals surface area contributed by atoms with Crippen molar-refractivity contribution in [3.63, 3.8) is 0 Å². The van der Waals surface area contributed by atoms with Gasteiger partial charge in [0.2, 0.25) is 0 Å². The van der Waals surface area contributed by atoms with E-state index >= 15 is 0 Å². The van der Waals surface area contributed by atoms with Crippen molar-refractivity contribution < 1.29 is 4.92 Å². The van der Waals surface area contributed by atoms with Gasteiger partial charge in [-0.1, -0.05) is 28.8 Å². The van der Waals surface area contributed by atoms with Crippen LogP contribution in [0.25, 0.3) is 0 Å². The van der Waals surface area contributed by atoms with E-state index in [-0.39, 0.29) is 10.6 Å². The SMILES string of the molecule is CC(NCc1cc(Br)ccc1[N+](=O)[O-])C1CCCC1. The average Bonchev–Trinajstić information content (AvgIpc) is 2.89. The summed E-state index contributed by atoms with van der Waals surface area (Å²) in [7, 11) is 0. The Hall–Kier alpha value is -0.940. The Labute approximate surface area is 121 Å². The molecule has 0 radical (unpaired) electrons. The van der Waals surface area contributed by atoms with E-state index in [9.17, 15) is 10.1 Å². The Morgan fingerprint density at radius 3 is 2.79 bits per heavy atom. The minimum atomic E-state index is -0.316. The van der Waals surface area contributed by atoms with Gasteiger partial charge in [0.25, 0.3) is 5.69 Å². The summed E-state index contributed by atoms with van der Waals surface area (Å²) in [6.07, 6.45) is 5.17. The third-order valence-corrected chi connectivity index (χ3v) is 4.45. The van der Waals surface area contributed by atoms with Crippen molar-refractivity contribution in [2.24, 2.45) is 5.92 Å². The van der Waals surface area contributed by atoms with Crippen LogP contribution in [0.2, 0.25) is 0 Å². The maximum atomic E-state index is 11.0. The second-order valence-electron chi connectivity index (χ2n) is 5.24. The van der Waals surface area contributed by atoms with Gasteiger partial charge in [-0.2, -0.15) is 0 Å². The summed E-state index contributed by atoms with van der Waals surface area (Å²) >= 11 is 3.37. The van der Waals surface area contributed by atoms with Crippen molar-refractivity contribution in [2.75, 3.05) is 0 Å². The molecule has 0 bridgehead atoms. The third-order valence-electron chi connectivity index (χ3n) is 3.96. The highest BCUT2D eigenvalue weighted by Gasteiger charge is 2.22. The van der Waals surface area contributed by atoms with E-state index in [0.29, 0.717) is 18.5 Å². The first-order chi connectivity index (χ1) is 9.08. The van der Waals surface area contributed by atoms with Crippen LogP contribution in [-0.4, -0.2) is 11.0 Å². The topological polar surface area (TPSA) is 55.2 Å². The molecule has 1 atom stereocenters. The minimum absolute atomic E-state index is 0.189. The van der Waals surface area contributed by atoms with Crippen LogP contribution < -0.4 is 5.32 Å². The number of nitro benzene ring substituents is 1. The Kier molecular flexibility index (Phi) is 4.93. The van der Waals surface area contributed by atoms with Gasteiger partial charge < -0.3 is 5.32 Å². The number of nitrogens with one attached hydrogen (secondary N) is 1. The fourth-order valence-electron chi connectivity index (χ4n) is 2.77. The molecule has 1 unspecified atom stereocenters. The average molecular weight is 327 g/mol. The molecule has 1 aromatic carbocycles. The van der Waals surface area contributed by atoms with Crippen molar-refractivity contribution in [3.8, 4) is 0 Å². The number of hydrogen-bond donors (Lipinski definition) is 1. The molecule has 0 amide bonds. The second kappa shape index (κ2) is 6.48. The predicted molar refractivity (Wildman–Crippen MR) is 79.1 cm³/mol. The molecule has 5 heteroatoms. The van der Waals surface area contributed by atoms with E-state index in [2.05, 4.69) is 28.2 Å². The van der Waals surface area contributed by atoms with Gasteiger partial charge in [-0.15, -0.1) is 0 Å². The molecule has 19 heavy (non-hydrogen) atoms. The maximum absolute atomic E-state index is 11.0. The van der Waals surface area contributed by atoms with Crippen LogP contribution in [0.1, 0.15) is 38.2 Å². The largest absolute Gasteiger partial charge is 0.310 e. The van der Waals surface area contributed by atoms with Crippen LogP contribution in [0.4, 0.5) is 5.69 Å². The molecule has 1 aromatic rings. The monoisotopic (exact) mass is 326 g/mol. The standard InChI is InChI=1S/C14H19BrN2O2/c1-10(11-4-2-3-5-11)16-9-12-8-13(15)6-7-14(12)17(18)19/h6-8,10-11,16H,2-5,9H2,1H3. The van der Waals surface area contributed by atoms with E-state index in [1.54, 1.807) is 12.1 Å². The Balaban J connectivity index is 2.01. The zero-order valence-corrected chi connectivity index (χ0v) is 12.6. The van der Waals surface area contributed by atoms with E-state index in [1.807, 2.05) is 6.07 Å². The molecule has 1 fully saturated rings. The highest BCUT2D eigenvalue weighted by molar-refractivity contribution is 9.10. The first kappa shape index (κ1) is 14.5. The fourth-order valence-corrected chi connectivity index (χ4v) is 3.18. The van der Waals surface area contributed by atoms with Crippen molar-refractivity contribution in [3.05, 3.63) is 38.3 Å². The van der Waals surface area contributed by atoms with E-state index in [1.165, 1.54) is 25.7 Å². The highest BCUT2D eigenvalue weighted by Crippen LogP contribution is 2.28. The summed E-state index contributed by atoms with van der Waals surface area (Å²) in [6.45, 7) is 2.73. The number of hydrogen-bond acceptors (Lipinski definition) is 3. The Morgan fingerprint density at radius 1 is 1.47 bits per heavy atom. The third kappa shape index (κ3) is 3.76. The van der Waals surface area contributed by atoms with Crippen molar-refractivity contribution in [2.45, 2.75) is 45.2 Å². The lowest BCUT2D eigenvalue weighted by atomic mass is 9.99. The summed E-state index contributed by atoms with van der Waals surface area (Å²) in [4.78, 5) is 10.7. The number of benzene rings is 1. The molecule has 4 nitrogen and oxygen atoms in total. The molecule has 0 aromatic heterocycles. The van der Waals surface area contributed by atoms with Gasteiger partial charge in [0.05, 0.1) is 4.92 Å². The van der Waals surface area contributed by atoms with Gasteiger partial charge >= 0.3 is 0 Å². The predicted octanol–water partition coefficient (Wildman–Crippen LogP) is 4.03. The first-order valence-corrected chi connectivity index (χ1v) is 7.53. The van der Waals surface area contributed by atoms with Gasteiger partial charge in [0, 0.05) is 28.7 Å². The van der Waals surface area contributed by atoms with Crippen LogP contribution in [0, 0.1) is 16.0 Å². The van der Waals surface area contributed by atoms with Crippen LogP contribution in [0.3, 0.4) is 0 Å². The number of halogens is 1. The van der Waals surface area contributed by atoms with E-state index in [4.69, 9.17) is 0 Å². The van der Waals surface area contributed by atoms with Crippen LogP contribution in [0.15, 0.2) is 22.7 Å². The summed E-state index contributed by atoms with van der Waals surface area (Å²) < 4.78 is 0.878. The molecule has 0 saturated heterocycles. The lowest BCUT2D eigenvalue weighted by Gasteiger charge is -2.20. The van der Waals surface area contributed by atoms with Gasteiger partial charge in [0.15, 0.2) is 0 Å². The van der Waals surface area contributed by atoms with Gasteiger partial charge in [-0.3, -0.25) is 10.1 Å². The van der Waals surface area contributed by atoms with Gasteiger partial charge in [-0.25, -0.2) is 0 Å². The maximum Gasteiger partial charge on any atom is 0.273 e. The molecule has 1 aliphatic rings. The number of rotatable bonds is 5. The normalized spacial score (nSPS) is 17.6. The number of nitrogens with zero attached hydrogens (tertiary/aromatic N) is 1. The van der Waals surface area contributed by atoms with E-state index < -0.39 is 0 Å². The summed E-state index contributed by atoms with van der Waals surface area (Å²) in [5.74, 6) is 0.714.